The summed E-state index contributed by atoms with van der Waals surface area (Å²) in [6, 6.07) is 39.3. The SMILES string of the molecule is NCCCC[C@@](N)(C(=O)Nc1ccc(C(c2ccc(NC(=O)[C@](N)(CCCCN)C(=O)c3cc4cc(O)ccc4[nH]3)cc2)c2ccc(NC(=O)[C@](N)(CCCCN)C(=O)c3cc4cc(O)ccc4[nH]3)cc2)cc1)C(=O)c1cc2cc(O)ccc2[nH]1. The molecule has 9 rings (SSSR count). The first kappa shape index (κ1) is 60.1. The Morgan fingerprint density at radius 2 is 0.635 bits per heavy atom. The molecule has 3 amide bonds. The Hall–Kier alpha value is -9.48. The van der Waals surface area contributed by atoms with Crippen molar-refractivity contribution in [2.24, 2.45) is 34.4 Å². The molecule has 3 atom stereocenters. The van der Waals surface area contributed by atoms with E-state index in [1.165, 1.54) is 36.4 Å². The first-order valence-electron chi connectivity index (χ1n) is 28.1. The van der Waals surface area contributed by atoms with E-state index in [1.54, 1.807) is 109 Å². The molecule has 440 valence electrons. The summed E-state index contributed by atoms with van der Waals surface area (Å²) in [5.74, 6) is -4.71. The number of Topliss-reactive ketones (excluding diaryl/α,β-unsaturated/α-hetero) is 3. The van der Waals surface area contributed by atoms with Crippen molar-refractivity contribution >= 4 is 84.8 Å². The van der Waals surface area contributed by atoms with Crippen LogP contribution in [0.25, 0.3) is 32.7 Å². The summed E-state index contributed by atoms with van der Waals surface area (Å²) in [7, 11) is 0. The highest BCUT2D eigenvalue weighted by Gasteiger charge is 2.45. The highest BCUT2D eigenvalue weighted by molar-refractivity contribution is 6.23. The molecule has 85 heavy (non-hydrogen) atoms. The number of hydrogen-bond donors (Lipinski definition) is 15. The van der Waals surface area contributed by atoms with Gasteiger partial charge in [-0.15, -0.1) is 0 Å². The van der Waals surface area contributed by atoms with E-state index in [1.807, 2.05) is 0 Å². The Morgan fingerprint density at radius 3 is 0.882 bits per heavy atom. The number of H-pyrrole nitrogens is 3. The summed E-state index contributed by atoms with van der Waals surface area (Å²) in [5, 5.41) is 40.4. The molecule has 0 aliphatic carbocycles. The number of phenols is 3. The van der Waals surface area contributed by atoms with Crippen molar-refractivity contribution in [3.05, 3.63) is 179 Å². The molecule has 21 heteroatoms. The maximum Gasteiger partial charge on any atom is 0.252 e. The fraction of sp³-hybridized carbons (Fsp3) is 0.250. The van der Waals surface area contributed by atoms with Crippen LogP contribution >= 0.6 is 0 Å². The van der Waals surface area contributed by atoms with Gasteiger partial charge in [0.25, 0.3) is 17.7 Å². The minimum atomic E-state index is -2.01. The van der Waals surface area contributed by atoms with Gasteiger partial charge in [-0.05, 0) is 203 Å². The molecule has 0 fully saturated rings. The third-order valence-electron chi connectivity index (χ3n) is 15.6. The molecule has 0 bridgehead atoms. The third-order valence-corrected chi connectivity index (χ3v) is 15.6. The predicted octanol–water partition coefficient (Wildman–Crippen LogP) is 7.37. The average Bonchev–Trinajstić information content (AvgIpc) is 3.89. The number of benzene rings is 6. The van der Waals surface area contributed by atoms with Gasteiger partial charge >= 0.3 is 0 Å². The number of aromatic hydroxyl groups is 3. The molecule has 21 nitrogen and oxygen atoms in total. The number of nitrogens with two attached hydrogens (primary N) is 6. The van der Waals surface area contributed by atoms with Crippen LogP contribution in [-0.4, -0.2) is 102 Å². The molecule has 0 spiro atoms. The van der Waals surface area contributed by atoms with E-state index in [0.29, 0.717) is 108 Å². The summed E-state index contributed by atoms with van der Waals surface area (Å²) in [6.45, 7) is 0.975. The lowest BCUT2D eigenvalue weighted by atomic mass is 9.84. The van der Waals surface area contributed by atoms with Crippen molar-refractivity contribution in [3.8, 4) is 17.2 Å². The molecule has 0 saturated carbocycles. The molecule has 0 unspecified atom stereocenters. The highest BCUT2D eigenvalue weighted by Crippen LogP contribution is 2.36. The molecule has 21 N–H and O–H groups in total. The van der Waals surface area contributed by atoms with E-state index in [0.717, 1.165) is 16.7 Å². The number of carbonyl (C=O) groups is 6. The van der Waals surface area contributed by atoms with E-state index >= 15 is 0 Å². The van der Waals surface area contributed by atoms with Crippen LogP contribution in [-0.2, 0) is 14.4 Å². The Labute approximate surface area is 488 Å². The summed E-state index contributed by atoms with van der Waals surface area (Å²) in [6.07, 6.45) is 2.66. The number of fused-ring (bicyclic) bond motifs is 3. The van der Waals surface area contributed by atoms with Gasteiger partial charge in [0.05, 0.1) is 17.1 Å². The Kier molecular flexibility index (Phi) is 18.1. The second-order valence-electron chi connectivity index (χ2n) is 21.7. The van der Waals surface area contributed by atoms with Crippen LogP contribution in [0.5, 0.6) is 17.2 Å². The zero-order valence-corrected chi connectivity index (χ0v) is 46.7. The number of carbonyl (C=O) groups excluding carboxylic acids is 6. The van der Waals surface area contributed by atoms with Crippen molar-refractivity contribution in [2.75, 3.05) is 35.6 Å². The van der Waals surface area contributed by atoms with Gasteiger partial charge in [-0.25, -0.2) is 0 Å². The molecule has 0 aliphatic heterocycles. The van der Waals surface area contributed by atoms with E-state index < -0.39 is 57.6 Å². The van der Waals surface area contributed by atoms with Crippen LogP contribution < -0.4 is 50.4 Å². The predicted molar refractivity (Wildman–Crippen MR) is 329 cm³/mol. The lowest BCUT2D eigenvalue weighted by Crippen LogP contribution is -2.57. The summed E-state index contributed by atoms with van der Waals surface area (Å²) >= 11 is 0. The maximum atomic E-state index is 14.3. The number of hydrogen-bond acceptors (Lipinski definition) is 15. The first-order valence-corrected chi connectivity index (χ1v) is 28.1. The van der Waals surface area contributed by atoms with Crippen molar-refractivity contribution in [1.82, 2.24) is 15.0 Å². The largest absolute Gasteiger partial charge is 0.508 e. The van der Waals surface area contributed by atoms with Crippen LogP contribution in [0.3, 0.4) is 0 Å². The van der Waals surface area contributed by atoms with Crippen LogP contribution in [0, 0.1) is 0 Å². The number of phenolic OH excluding ortho intramolecular Hbond substituents is 3. The molecule has 0 saturated heterocycles. The van der Waals surface area contributed by atoms with E-state index in [4.69, 9.17) is 34.4 Å². The van der Waals surface area contributed by atoms with Crippen molar-refractivity contribution < 1.29 is 44.1 Å². The van der Waals surface area contributed by atoms with Crippen LogP contribution in [0.15, 0.2) is 146 Å². The van der Waals surface area contributed by atoms with Crippen molar-refractivity contribution in [2.45, 2.75) is 80.3 Å². The van der Waals surface area contributed by atoms with Gasteiger partial charge in [-0.1, -0.05) is 36.4 Å². The summed E-state index contributed by atoms with van der Waals surface area (Å²) in [4.78, 5) is 94.5. The van der Waals surface area contributed by atoms with Gasteiger partial charge in [0.15, 0.2) is 16.6 Å². The minimum absolute atomic E-state index is 0.00659. The first-order chi connectivity index (χ1) is 40.8. The topological polar surface area (TPSA) is 403 Å². The van der Waals surface area contributed by atoms with Gasteiger partial charge in [0, 0.05) is 55.7 Å². The lowest BCUT2D eigenvalue weighted by Gasteiger charge is -2.27. The van der Waals surface area contributed by atoms with Crippen LogP contribution in [0.2, 0.25) is 0 Å². The number of nitrogens with one attached hydrogen (secondary N) is 6. The number of aromatic nitrogens is 3. The standard InChI is InChI=1S/C64H70N12O9/c65-28-4-1-25-62(68,56(80)52-34-40-31-46(77)19-22-49(40)74-52)59(83)71-43-13-7-37(8-14-43)55(38-9-15-44(16-10-38)72-60(84)63(69,26-2-5-29-66)57(81)53-35-41-32-47(78)20-23-50(41)75-53)39-11-17-45(18-12-39)73-61(85)64(70,27-3-6-30-67)58(82)54-36-42-33-48(79)21-24-51(42)76-54/h7-24,31-36,55,74-79H,1-6,25-30,65-70H2,(H,71,83)(H,72,84)(H,73,85)/t62-,63-,64-/m0/s1. The molecule has 3 heterocycles. The second-order valence-corrected chi connectivity index (χ2v) is 21.7. The molecule has 6 aromatic carbocycles. The molecule has 9 aromatic rings. The Balaban J connectivity index is 1.01. The van der Waals surface area contributed by atoms with Gasteiger partial charge < -0.3 is 80.6 Å². The summed E-state index contributed by atoms with van der Waals surface area (Å²) in [5.41, 5.74) is 36.9. The molecule has 3 aromatic heterocycles. The zero-order chi connectivity index (χ0) is 60.6. The lowest BCUT2D eigenvalue weighted by molar-refractivity contribution is -0.120. The fourth-order valence-corrected chi connectivity index (χ4v) is 10.7. The Morgan fingerprint density at radius 1 is 0.376 bits per heavy atom. The van der Waals surface area contributed by atoms with Gasteiger partial charge in [0.2, 0.25) is 17.3 Å². The maximum absolute atomic E-state index is 14.3. The third kappa shape index (κ3) is 13.0. The molecular formula is C64H70N12O9. The minimum Gasteiger partial charge on any atom is -0.508 e. The smallest absolute Gasteiger partial charge is 0.252 e. The Bertz CT molecular complexity index is 3530. The van der Waals surface area contributed by atoms with E-state index in [9.17, 15) is 44.1 Å². The van der Waals surface area contributed by atoms with Crippen molar-refractivity contribution in [1.29, 1.82) is 0 Å². The van der Waals surface area contributed by atoms with Crippen LogP contribution in [0.1, 0.15) is 112 Å². The molecular weight excluding hydrogens is 1080 g/mol. The van der Waals surface area contributed by atoms with Gasteiger partial charge in [0.1, 0.15) is 17.2 Å². The van der Waals surface area contributed by atoms with Gasteiger partial charge in [-0.3, -0.25) is 28.8 Å². The quantitative estimate of drug-likeness (QED) is 0.0103. The highest BCUT2D eigenvalue weighted by atomic mass is 16.3. The molecule has 0 aliphatic rings. The summed E-state index contributed by atoms with van der Waals surface area (Å²) < 4.78 is 0. The number of anilines is 3. The number of unbranched alkanes of at least 4 members (excludes halogenated alkanes) is 3. The fourth-order valence-electron chi connectivity index (χ4n) is 10.7. The average molecular weight is 1150 g/mol. The monoisotopic (exact) mass is 1150 g/mol. The second kappa shape index (κ2) is 25.6. The molecule has 0 radical (unpaired) electrons. The van der Waals surface area contributed by atoms with Crippen LogP contribution in [0.4, 0.5) is 17.1 Å². The van der Waals surface area contributed by atoms with Crippen molar-refractivity contribution in [3.63, 3.8) is 0 Å². The number of amides is 3. The number of rotatable bonds is 27. The van der Waals surface area contributed by atoms with Gasteiger partial charge in [-0.2, -0.15) is 0 Å². The van der Waals surface area contributed by atoms with E-state index in [-0.39, 0.29) is 53.6 Å². The zero-order valence-electron chi connectivity index (χ0n) is 46.7. The number of ketones is 3. The number of aromatic amines is 3. The normalized spacial score (nSPS) is 13.7. The van der Waals surface area contributed by atoms with E-state index in [2.05, 4.69) is 30.9 Å².